The van der Waals surface area contributed by atoms with Crippen molar-refractivity contribution < 1.29 is 18.9 Å². The van der Waals surface area contributed by atoms with Gasteiger partial charge in [-0.3, -0.25) is 0 Å². The zero-order chi connectivity index (χ0) is 15.3. The number of hydrogen-bond acceptors (Lipinski definition) is 0. The molecule has 3 saturated carbocycles. The van der Waals surface area contributed by atoms with Crippen LogP contribution in [0.4, 0.5) is 0 Å². The van der Waals surface area contributed by atoms with Crippen molar-refractivity contribution in [3.05, 3.63) is 0 Å². The van der Waals surface area contributed by atoms with Gasteiger partial charge in [0.25, 0.3) is 0 Å². The SMILES string of the molecule is CCCCC#C[B-](C1CCCC1)(C1CCCC1)C1CCCC1.[Li+]. The molecule has 0 radical (unpaired) electrons. The summed E-state index contributed by atoms with van der Waals surface area (Å²) in [4.78, 5) is 0. The molecular weight excluding hydrogens is 270 g/mol. The first-order chi connectivity index (χ1) is 10.9. The first kappa shape index (κ1) is 19.5. The molecule has 3 aliphatic rings. The van der Waals surface area contributed by atoms with Gasteiger partial charge < -0.3 is 5.82 Å². The van der Waals surface area contributed by atoms with E-state index in [2.05, 4.69) is 18.7 Å². The van der Waals surface area contributed by atoms with Gasteiger partial charge in [-0.15, -0.1) is 0 Å². The fourth-order valence-corrected chi connectivity index (χ4v) is 6.55. The zero-order valence-corrected chi connectivity index (χ0v) is 15.9. The average molecular weight is 306 g/mol. The van der Waals surface area contributed by atoms with Crippen LogP contribution in [0, 0.1) is 11.7 Å². The largest absolute Gasteiger partial charge is 1.00 e. The van der Waals surface area contributed by atoms with Gasteiger partial charge in [0.1, 0.15) is 0 Å². The van der Waals surface area contributed by atoms with Crippen molar-refractivity contribution in [2.75, 3.05) is 0 Å². The summed E-state index contributed by atoms with van der Waals surface area (Å²) in [5, 5.41) is 0. The van der Waals surface area contributed by atoms with Crippen molar-refractivity contribution in [2.24, 2.45) is 0 Å². The fraction of sp³-hybridized carbons (Fsp3) is 0.905. The summed E-state index contributed by atoms with van der Waals surface area (Å²) < 4.78 is 0. The van der Waals surface area contributed by atoms with E-state index in [1.807, 2.05) is 0 Å². The van der Waals surface area contributed by atoms with E-state index in [1.165, 1.54) is 89.9 Å². The Morgan fingerprint density at radius 2 is 1.13 bits per heavy atom. The van der Waals surface area contributed by atoms with Crippen molar-refractivity contribution >= 4 is 6.15 Å². The molecule has 3 rings (SSSR count). The van der Waals surface area contributed by atoms with Crippen LogP contribution >= 0.6 is 0 Å². The molecule has 2 heteroatoms. The maximum absolute atomic E-state index is 4.11. The summed E-state index contributed by atoms with van der Waals surface area (Å²) in [6.07, 6.45) is 21.4. The van der Waals surface area contributed by atoms with Crippen LogP contribution in [0.2, 0.25) is 17.5 Å². The maximum Gasteiger partial charge on any atom is 1.00 e. The van der Waals surface area contributed by atoms with Crippen LogP contribution in [0.5, 0.6) is 0 Å². The van der Waals surface area contributed by atoms with Gasteiger partial charge in [-0.2, -0.15) is 23.4 Å². The molecule has 0 saturated heterocycles. The van der Waals surface area contributed by atoms with Crippen molar-refractivity contribution in [1.29, 1.82) is 0 Å². The number of unbranched alkanes of at least 4 members (excludes halogenated alkanes) is 2. The van der Waals surface area contributed by atoms with Crippen LogP contribution in [0.1, 0.15) is 103 Å². The molecule has 0 N–H and O–H groups in total. The molecule has 0 unspecified atom stereocenters. The van der Waals surface area contributed by atoms with Crippen LogP contribution in [-0.2, 0) is 0 Å². The molecule has 0 aliphatic heterocycles. The molecule has 0 aromatic heterocycles. The summed E-state index contributed by atoms with van der Waals surface area (Å²) in [6.45, 7) is 2.30. The van der Waals surface area contributed by atoms with Crippen molar-refractivity contribution in [3.63, 3.8) is 0 Å². The monoisotopic (exact) mass is 306 g/mol. The second-order valence-corrected chi connectivity index (χ2v) is 8.64. The number of rotatable bonds is 5. The Hall–Kier alpha value is 0.222. The molecule has 0 heterocycles. The Bertz CT molecular complexity index is 349. The van der Waals surface area contributed by atoms with Gasteiger partial charge in [-0.05, 0) is 6.42 Å². The summed E-state index contributed by atoms with van der Waals surface area (Å²) in [5.41, 5.74) is 0. The van der Waals surface area contributed by atoms with Crippen LogP contribution in [0.3, 0.4) is 0 Å². The third-order valence-electron chi connectivity index (χ3n) is 7.55. The Morgan fingerprint density at radius 3 is 1.48 bits per heavy atom. The van der Waals surface area contributed by atoms with Crippen molar-refractivity contribution in [3.8, 4) is 11.7 Å². The Labute approximate surface area is 157 Å². The minimum absolute atomic E-state index is 0. The Morgan fingerprint density at radius 1 is 0.739 bits per heavy atom. The molecule has 0 amide bonds. The van der Waals surface area contributed by atoms with Gasteiger partial charge in [0.15, 0.2) is 0 Å². The van der Waals surface area contributed by atoms with E-state index in [-0.39, 0.29) is 18.9 Å². The fourth-order valence-electron chi connectivity index (χ4n) is 6.55. The summed E-state index contributed by atoms with van der Waals surface area (Å²) >= 11 is 0. The molecule has 3 fully saturated rings. The molecule has 3 aliphatic carbocycles. The molecule has 124 valence electrons. The van der Waals surface area contributed by atoms with E-state index in [4.69, 9.17) is 0 Å². The van der Waals surface area contributed by atoms with Crippen LogP contribution in [0.15, 0.2) is 0 Å². The van der Waals surface area contributed by atoms with Gasteiger partial charge in [-0.1, -0.05) is 90.4 Å². The van der Waals surface area contributed by atoms with Crippen LogP contribution < -0.4 is 18.9 Å². The van der Waals surface area contributed by atoms with Crippen LogP contribution in [-0.4, -0.2) is 6.15 Å². The minimum Gasteiger partial charge on any atom is -0.314 e. The zero-order valence-electron chi connectivity index (χ0n) is 15.9. The predicted octanol–water partition coefficient (Wildman–Crippen LogP) is 4.00. The molecule has 0 aromatic rings. The minimum atomic E-state index is -0.398. The molecule has 0 atom stereocenters. The summed E-state index contributed by atoms with van der Waals surface area (Å²) in [7, 11) is 0. The van der Waals surface area contributed by atoms with Gasteiger partial charge in [0.2, 0.25) is 0 Å². The first-order valence-electron chi connectivity index (χ1n) is 10.5. The van der Waals surface area contributed by atoms with E-state index >= 15 is 0 Å². The van der Waals surface area contributed by atoms with Crippen molar-refractivity contribution in [2.45, 2.75) is 121 Å². The summed E-state index contributed by atoms with van der Waals surface area (Å²) in [5.74, 6) is 10.8. The quantitative estimate of drug-likeness (QED) is 0.409. The Kier molecular flexibility index (Phi) is 8.19. The van der Waals surface area contributed by atoms with E-state index in [1.54, 1.807) is 0 Å². The number of hydrogen-bond donors (Lipinski definition) is 0. The topological polar surface area (TPSA) is 0 Å². The molecule has 23 heavy (non-hydrogen) atoms. The Balaban J connectivity index is 0.00000192. The van der Waals surface area contributed by atoms with Gasteiger partial charge in [0.05, 0.1) is 6.15 Å². The van der Waals surface area contributed by atoms with Crippen LogP contribution in [0.25, 0.3) is 0 Å². The van der Waals surface area contributed by atoms with Crippen molar-refractivity contribution in [1.82, 2.24) is 0 Å². The predicted molar refractivity (Wildman–Crippen MR) is 99.7 cm³/mol. The smallest absolute Gasteiger partial charge is 0.314 e. The first-order valence-corrected chi connectivity index (χ1v) is 10.5. The second kappa shape index (κ2) is 9.64. The molecule has 0 spiro atoms. The standard InChI is InChI=1S/C21H36B.Li/c1-2-3-4-11-18-22(19-12-5-6-13-19,20-14-7-8-15-20)21-16-9-10-17-21;/h19-21H,2-10,12-17H2,1H3;/q-1;+1. The molecule has 0 aromatic carbocycles. The third-order valence-corrected chi connectivity index (χ3v) is 7.55. The van der Waals surface area contributed by atoms with E-state index in [0.717, 1.165) is 23.9 Å². The van der Waals surface area contributed by atoms with E-state index in [0.29, 0.717) is 0 Å². The molecule has 0 bridgehead atoms. The third kappa shape index (κ3) is 4.25. The molecular formula is C21H36BLi. The maximum atomic E-state index is 4.11. The second-order valence-electron chi connectivity index (χ2n) is 8.64. The average Bonchev–Trinajstić information content (AvgIpc) is 3.29. The van der Waals surface area contributed by atoms with Gasteiger partial charge >= 0.3 is 18.9 Å². The van der Waals surface area contributed by atoms with E-state index < -0.39 is 6.15 Å². The van der Waals surface area contributed by atoms with Gasteiger partial charge in [-0.25, -0.2) is 0 Å². The normalized spacial score (nSPS) is 23.7. The molecule has 0 nitrogen and oxygen atoms in total. The summed E-state index contributed by atoms with van der Waals surface area (Å²) in [6, 6.07) is 0. The van der Waals surface area contributed by atoms with Gasteiger partial charge in [0, 0.05) is 6.42 Å². The van der Waals surface area contributed by atoms with E-state index in [9.17, 15) is 0 Å².